The molecule has 0 fully saturated rings. The maximum atomic E-state index is 12.3. The molecule has 1 aromatic heterocycles. The van der Waals surface area contributed by atoms with Crippen molar-refractivity contribution in [3.63, 3.8) is 0 Å². The Morgan fingerprint density at radius 2 is 2.00 bits per heavy atom. The number of nitrogens with one attached hydrogen (secondary N) is 2. The second-order valence-electron chi connectivity index (χ2n) is 3.60. The van der Waals surface area contributed by atoms with E-state index in [1.165, 1.54) is 0 Å². The van der Waals surface area contributed by atoms with Crippen LogP contribution in [0.3, 0.4) is 0 Å². The number of halogens is 3. The molecule has 1 rings (SSSR count). The minimum atomic E-state index is -4.71. The van der Waals surface area contributed by atoms with E-state index in [-0.39, 0.29) is 6.61 Å². The molecule has 1 heterocycles. The fraction of sp³-hybridized carbons (Fsp3) is 0.364. The van der Waals surface area contributed by atoms with Crippen molar-refractivity contribution in [2.75, 3.05) is 13.2 Å². The number of aromatic amines is 1. The molecule has 0 radical (unpaired) electrons. The summed E-state index contributed by atoms with van der Waals surface area (Å²) in [7, 11) is 0. The van der Waals surface area contributed by atoms with E-state index >= 15 is 0 Å². The van der Waals surface area contributed by atoms with Crippen molar-refractivity contribution < 1.29 is 27.5 Å². The molecule has 1 aromatic rings. The quantitative estimate of drug-likeness (QED) is 0.799. The highest BCUT2D eigenvalue weighted by Crippen LogP contribution is 2.26. The van der Waals surface area contributed by atoms with Gasteiger partial charge in [-0.05, 0) is 19.1 Å². The number of alkyl halides is 3. The van der Waals surface area contributed by atoms with Gasteiger partial charge < -0.3 is 15.0 Å². The molecular formula is C11H11F3N2O4. The van der Waals surface area contributed by atoms with E-state index in [9.17, 15) is 27.6 Å². The number of H-pyrrole nitrogens is 1. The van der Waals surface area contributed by atoms with Crippen LogP contribution in [0.4, 0.5) is 13.2 Å². The van der Waals surface area contributed by atoms with Gasteiger partial charge >= 0.3 is 12.1 Å². The van der Waals surface area contributed by atoms with Crippen LogP contribution in [0.5, 0.6) is 0 Å². The maximum absolute atomic E-state index is 12.3. The van der Waals surface area contributed by atoms with E-state index in [0.29, 0.717) is 6.07 Å². The molecule has 0 saturated heterocycles. The topological polar surface area (TPSA) is 88.3 Å². The molecule has 0 aliphatic rings. The minimum Gasteiger partial charge on any atom is -0.465 e. The van der Waals surface area contributed by atoms with Crippen molar-refractivity contribution in [1.82, 2.24) is 10.3 Å². The van der Waals surface area contributed by atoms with Crippen LogP contribution in [0.2, 0.25) is 0 Å². The van der Waals surface area contributed by atoms with Gasteiger partial charge in [0.15, 0.2) is 0 Å². The van der Waals surface area contributed by atoms with E-state index in [2.05, 4.69) is 10.1 Å². The van der Waals surface area contributed by atoms with Crippen LogP contribution in [0.1, 0.15) is 23.0 Å². The Labute approximate surface area is 110 Å². The van der Waals surface area contributed by atoms with Crippen molar-refractivity contribution in [3.05, 3.63) is 33.7 Å². The fourth-order valence-corrected chi connectivity index (χ4v) is 1.28. The van der Waals surface area contributed by atoms with Gasteiger partial charge in [-0.2, -0.15) is 13.2 Å². The van der Waals surface area contributed by atoms with Gasteiger partial charge in [0.05, 0.1) is 6.61 Å². The van der Waals surface area contributed by atoms with Crippen molar-refractivity contribution in [2.24, 2.45) is 0 Å². The number of aromatic nitrogens is 1. The monoisotopic (exact) mass is 292 g/mol. The second kappa shape index (κ2) is 6.22. The lowest BCUT2D eigenvalue weighted by Crippen LogP contribution is -2.34. The molecule has 6 nitrogen and oxygen atoms in total. The first-order valence-electron chi connectivity index (χ1n) is 5.50. The minimum absolute atomic E-state index is 0.121. The molecule has 110 valence electrons. The third-order valence-electron chi connectivity index (χ3n) is 2.16. The highest BCUT2D eigenvalue weighted by Gasteiger charge is 2.32. The van der Waals surface area contributed by atoms with E-state index < -0.39 is 41.4 Å². The standard InChI is InChI=1S/C11H11F3N2O4/c1-2-20-8(17)5-15-9(18)6-3-4-7(11(12,13)14)16-10(6)19/h3-4H,2,5H2,1H3,(H,15,18)(H,16,19). The van der Waals surface area contributed by atoms with Gasteiger partial charge in [-0.1, -0.05) is 0 Å². The lowest BCUT2D eigenvalue weighted by molar-refractivity contribution is -0.142. The zero-order valence-corrected chi connectivity index (χ0v) is 10.3. The van der Waals surface area contributed by atoms with Crippen LogP contribution in [-0.4, -0.2) is 30.0 Å². The average molecular weight is 292 g/mol. The van der Waals surface area contributed by atoms with Crippen LogP contribution < -0.4 is 10.9 Å². The molecule has 2 N–H and O–H groups in total. The van der Waals surface area contributed by atoms with Crippen molar-refractivity contribution in [2.45, 2.75) is 13.1 Å². The number of esters is 1. The molecule has 0 unspecified atom stereocenters. The molecule has 0 aliphatic carbocycles. The zero-order valence-electron chi connectivity index (χ0n) is 10.3. The first-order valence-corrected chi connectivity index (χ1v) is 5.50. The van der Waals surface area contributed by atoms with Gasteiger partial charge in [-0.15, -0.1) is 0 Å². The van der Waals surface area contributed by atoms with E-state index in [1.807, 2.05) is 0 Å². The van der Waals surface area contributed by atoms with Gasteiger partial charge in [0.25, 0.3) is 11.5 Å². The third kappa shape index (κ3) is 4.11. The predicted octanol–water partition coefficient (Wildman–Crippen LogP) is 0.687. The number of carbonyl (C=O) groups excluding carboxylic acids is 2. The van der Waals surface area contributed by atoms with Gasteiger partial charge in [-0.3, -0.25) is 14.4 Å². The molecule has 0 atom stereocenters. The lowest BCUT2D eigenvalue weighted by atomic mass is 10.2. The Hall–Kier alpha value is -2.32. The summed E-state index contributed by atoms with van der Waals surface area (Å²) in [6.07, 6.45) is -4.71. The molecule has 1 amide bonds. The summed E-state index contributed by atoms with van der Waals surface area (Å²) < 4.78 is 41.5. The summed E-state index contributed by atoms with van der Waals surface area (Å²) in [5.74, 6) is -1.68. The number of amides is 1. The summed E-state index contributed by atoms with van der Waals surface area (Å²) >= 11 is 0. The number of pyridine rings is 1. The number of ether oxygens (including phenoxy) is 1. The van der Waals surface area contributed by atoms with Crippen molar-refractivity contribution >= 4 is 11.9 Å². The Kier molecular flexibility index (Phi) is 4.89. The molecule has 0 saturated carbocycles. The molecule has 20 heavy (non-hydrogen) atoms. The fourth-order valence-electron chi connectivity index (χ4n) is 1.28. The zero-order chi connectivity index (χ0) is 15.3. The third-order valence-corrected chi connectivity index (χ3v) is 2.16. The van der Waals surface area contributed by atoms with Gasteiger partial charge in [0.2, 0.25) is 0 Å². The smallest absolute Gasteiger partial charge is 0.431 e. The van der Waals surface area contributed by atoms with Gasteiger partial charge in [0.1, 0.15) is 17.8 Å². The maximum Gasteiger partial charge on any atom is 0.431 e. The number of rotatable bonds is 4. The molecular weight excluding hydrogens is 281 g/mol. The highest BCUT2D eigenvalue weighted by atomic mass is 19.4. The van der Waals surface area contributed by atoms with Gasteiger partial charge in [-0.25, -0.2) is 0 Å². The Balaban J connectivity index is 2.80. The van der Waals surface area contributed by atoms with Gasteiger partial charge in [0, 0.05) is 0 Å². The number of hydrogen-bond acceptors (Lipinski definition) is 4. The van der Waals surface area contributed by atoms with Crippen molar-refractivity contribution in [3.8, 4) is 0 Å². The summed E-state index contributed by atoms with van der Waals surface area (Å²) in [5, 5.41) is 2.07. The predicted molar refractivity (Wildman–Crippen MR) is 61.0 cm³/mol. The second-order valence-corrected chi connectivity index (χ2v) is 3.60. The first-order chi connectivity index (χ1) is 9.25. The largest absolute Gasteiger partial charge is 0.465 e. The molecule has 0 bridgehead atoms. The van der Waals surface area contributed by atoms with Crippen LogP contribution in [0.25, 0.3) is 0 Å². The van der Waals surface area contributed by atoms with E-state index in [1.54, 1.807) is 11.9 Å². The average Bonchev–Trinajstić information content (AvgIpc) is 2.35. The molecule has 0 spiro atoms. The first kappa shape index (κ1) is 15.7. The number of carbonyl (C=O) groups is 2. The van der Waals surface area contributed by atoms with Crippen molar-refractivity contribution in [1.29, 1.82) is 0 Å². The number of hydrogen-bond donors (Lipinski definition) is 2. The molecule has 0 aromatic carbocycles. The summed E-state index contributed by atoms with van der Waals surface area (Å²) in [5.41, 5.74) is -2.98. The molecule has 0 aliphatic heterocycles. The summed E-state index contributed by atoms with van der Waals surface area (Å²) in [4.78, 5) is 35.4. The summed E-state index contributed by atoms with van der Waals surface area (Å²) in [6.45, 7) is 1.21. The molecule has 9 heteroatoms. The van der Waals surface area contributed by atoms with Crippen LogP contribution in [0.15, 0.2) is 16.9 Å². The lowest BCUT2D eigenvalue weighted by Gasteiger charge is -2.07. The van der Waals surface area contributed by atoms with E-state index in [0.717, 1.165) is 6.07 Å². The van der Waals surface area contributed by atoms with Crippen LogP contribution >= 0.6 is 0 Å². The summed E-state index contributed by atoms with van der Waals surface area (Å²) in [6, 6.07) is 1.31. The Morgan fingerprint density at radius 3 is 2.50 bits per heavy atom. The normalized spacial score (nSPS) is 11.0. The highest BCUT2D eigenvalue weighted by molar-refractivity contribution is 5.95. The van der Waals surface area contributed by atoms with E-state index in [4.69, 9.17) is 0 Å². The SMILES string of the molecule is CCOC(=O)CNC(=O)c1ccc(C(F)(F)F)[nH]c1=O. The Bertz CT molecular complexity index is 566. The van der Waals surface area contributed by atoms with Crippen LogP contribution in [-0.2, 0) is 15.7 Å². The Morgan fingerprint density at radius 1 is 1.35 bits per heavy atom. The van der Waals surface area contributed by atoms with Crippen LogP contribution in [0, 0.1) is 0 Å².